The molecule has 0 aliphatic carbocycles. The van der Waals surface area contributed by atoms with Gasteiger partial charge in [0.1, 0.15) is 12.4 Å². The van der Waals surface area contributed by atoms with E-state index in [0.717, 1.165) is 18.6 Å². The Kier molecular flexibility index (Phi) is 7.83. The molecule has 0 saturated carbocycles. The minimum atomic E-state index is -0.350. The summed E-state index contributed by atoms with van der Waals surface area (Å²) >= 11 is 0. The largest absolute Gasteiger partial charge is 0.384 e. The first-order valence-corrected chi connectivity index (χ1v) is 6.31. The number of ether oxygens (including phenoxy) is 2. The molecule has 4 heteroatoms. The third kappa shape index (κ3) is 6.35. The Balaban J connectivity index is 2.48. The van der Waals surface area contributed by atoms with Crippen LogP contribution in [0.1, 0.15) is 24.5 Å². The number of hydrogen-bond donors (Lipinski definition) is 1. The first kappa shape index (κ1) is 15.6. The molecule has 0 amide bonds. The fraction of sp³-hybridized carbons (Fsp3) is 0.467. The third-order valence-corrected chi connectivity index (χ3v) is 2.35. The molecule has 1 aromatic rings. The lowest BCUT2D eigenvalue weighted by molar-refractivity contribution is 0.0407. The van der Waals surface area contributed by atoms with Crippen LogP contribution >= 0.6 is 0 Å². The lowest BCUT2D eigenvalue weighted by Gasteiger charge is -2.07. The van der Waals surface area contributed by atoms with E-state index in [-0.39, 0.29) is 12.4 Å². The van der Waals surface area contributed by atoms with Crippen LogP contribution in [0.5, 0.6) is 0 Å². The van der Waals surface area contributed by atoms with E-state index in [1.54, 1.807) is 6.07 Å². The fourth-order valence-electron chi connectivity index (χ4n) is 1.47. The minimum Gasteiger partial charge on any atom is -0.384 e. The van der Waals surface area contributed by atoms with Crippen molar-refractivity contribution in [2.45, 2.75) is 20.0 Å². The van der Waals surface area contributed by atoms with Gasteiger partial charge < -0.3 is 14.6 Å². The Morgan fingerprint density at radius 1 is 1.21 bits per heavy atom. The first-order chi connectivity index (χ1) is 9.27. The molecule has 0 unspecified atom stereocenters. The molecule has 0 fully saturated rings. The van der Waals surface area contributed by atoms with E-state index < -0.39 is 0 Å². The Hall–Kier alpha value is -1.41. The van der Waals surface area contributed by atoms with Crippen molar-refractivity contribution in [1.82, 2.24) is 0 Å². The number of benzene rings is 1. The van der Waals surface area contributed by atoms with Gasteiger partial charge in [-0.3, -0.25) is 0 Å². The molecule has 0 atom stereocenters. The van der Waals surface area contributed by atoms with Crippen LogP contribution in [0.3, 0.4) is 0 Å². The lowest BCUT2D eigenvalue weighted by Crippen LogP contribution is -2.05. The van der Waals surface area contributed by atoms with E-state index in [1.165, 1.54) is 12.1 Å². The smallest absolute Gasteiger partial charge is 0.124 e. The highest BCUT2D eigenvalue weighted by Gasteiger charge is 2.02. The summed E-state index contributed by atoms with van der Waals surface area (Å²) in [5, 5.41) is 8.67. The van der Waals surface area contributed by atoms with Gasteiger partial charge in [0, 0.05) is 12.2 Å². The highest BCUT2D eigenvalue weighted by molar-refractivity contribution is 5.41. The summed E-state index contributed by atoms with van der Waals surface area (Å²) in [5.74, 6) is 4.87. The number of aliphatic hydroxyl groups excluding tert-OH is 1. The van der Waals surface area contributed by atoms with Gasteiger partial charge in [-0.25, -0.2) is 4.39 Å². The van der Waals surface area contributed by atoms with Crippen LogP contribution in [0.25, 0.3) is 0 Å². The average Bonchev–Trinajstić information content (AvgIpc) is 2.42. The summed E-state index contributed by atoms with van der Waals surface area (Å²) in [6, 6.07) is 4.36. The van der Waals surface area contributed by atoms with Crippen molar-refractivity contribution >= 4 is 0 Å². The maximum absolute atomic E-state index is 13.1. The van der Waals surface area contributed by atoms with Gasteiger partial charge in [0.25, 0.3) is 0 Å². The molecule has 104 valence electrons. The summed E-state index contributed by atoms with van der Waals surface area (Å²) in [5.41, 5.74) is 1.35. The van der Waals surface area contributed by atoms with Crippen molar-refractivity contribution in [2.24, 2.45) is 0 Å². The van der Waals surface area contributed by atoms with E-state index in [9.17, 15) is 4.39 Å². The van der Waals surface area contributed by atoms with Crippen LogP contribution in [0.15, 0.2) is 18.2 Å². The summed E-state index contributed by atoms with van der Waals surface area (Å²) in [6.07, 6.45) is 0.985. The third-order valence-electron chi connectivity index (χ3n) is 2.35. The Labute approximate surface area is 113 Å². The van der Waals surface area contributed by atoms with E-state index in [0.29, 0.717) is 25.4 Å². The number of halogens is 1. The van der Waals surface area contributed by atoms with Gasteiger partial charge >= 0.3 is 0 Å². The molecule has 0 aliphatic heterocycles. The Morgan fingerprint density at radius 3 is 2.74 bits per heavy atom. The second-order valence-electron chi connectivity index (χ2n) is 3.93. The van der Waals surface area contributed by atoms with Crippen molar-refractivity contribution in [3.63, 3.8) is 0 Å². The lowest BCUT2D eigenvalue weighted by atomic mass is 10.1. The van der Waals surface area contributed by atoms with E-state index in [1.807, 2.05) is 6.92 Å². The van der Waals surface area contributed by atoms with Crippen LogP contribution in [-0.4, -0.2) is 31.5 Å². The van der Waals surface area contributed by atoms with Crippen molar-refractivity contribution in [1.29, 1.82) is 0 Å². The molecule has 0 radical (unpaired) electrons. The predicted octanol–water partition coefficient (Wildman–Crippen LogP) is 2.11. The van der Waals surface area contributed by atoms with Gasteiger partial charge in [-0.15, -0.1) is 0 Å². The first-order valence-electron chi connectivity index (χ1n) is 6.31. The fourth-order valence-corrected chi connectivity index (χ4v) is 1.47. The maximum Gasteiger partial charge on any atom is 0.124 e. The van der Waals surface area contributed by atoms with Crippen LogP contribution in [0, 0.1) is 17.7 Å². The SMILES string of the molecule is CCCOCCOCc1ccc(F)cc1C#CCO. The second kappa shape index (κ2) is 9.51. The standard InChI is InChI=1S/C15H19FO3/c1-2-8-18-9-10-19-12-14-5-6-15(16)11-13(14)4-3-7-17/h5-6,11,17H,2,7-10,12H2,1H3. The zero-order valence-corrected chi connectivity index (χ0v) is 11.1. The van der Waals surface area contributed by atoms with Gasteiger partial charge in [0.2, 0.25) is 0 Å². The van der Waals surface area contributed by atoms with Crippen LogP contribution in [0.4, 0.5) is 4.39 Å². The average molecular weight is 266 g/mol. The predicted molar refractivity (Wildman–Crippen MR) is 71.1 cm³/mol. The summed E-state index contributed by atoms with van der Waals surface area (Å²) in [6.45, 7) is 3.92. The molecule has 1 N–H and O–H groups in total. The molecule has 1 rings (SSSR count). The maximum atomic E-state index is 13.1. The van der Waals surface area contributed by atoms with E-state index in [2.05, 4.69) is 11.8 Å². The van der Waals surface area contributed by atoms with Crippen molar-refractivity contribution in [2.75, 3.05) is 26.4 Å². The van der Waals surface area contributed by atoms with Crippen molar-refractivity contribution in [3.05, 3.63) is 35.1 Å². The van der Waals surface area contributed by atoms with Gasteiger partial charge in [-0.1, -0.05) is 24.8 Å². The highest BCUT2D eigenvalue weighted by Crippen LogP contribution is 2.11. The normalized spacial score (nSPS) is 10.1. The molecule has 0 spiro atoms. The molecule has 3 nitrogen and oxygen atoms in total. The van der Waals surface area contributed by atoms with Crippen LogP contribution in [-0.2, 0) is 16.1 Å². The van der Waals surface area contributed by atoms with Gasteiger partial charge in [-0.05, 0) is 24.1 Å². The molecule has 19 heavy (non-hydrogen) atoms. The van der Waals surface area contributed by atoms with Crippen LogP contribution in [0.2, 0.25) is 0 Å². The van der Waals surface area contributed by atoms with Gasteiger partial charge in [-0.2, -0.15) is 0 Å². The summed E-state index contributed by atoms with van der Waals surface area (Å²) in [4.78, 5) is 0. The van der Waals surface area contributed by atoms with Crippen LogP contribution < -0.4 is 0 Å². The molecule has 0 bridgehead atoms. The molecule has 1 aromatic carbocycles. The topological polar surface area (TPSA) is 38.7 Å². The van der Waals surface area contributed by atoms with Gasteiger partial charge in [0.05, 0.1) is 19.8 Å². The summed E-state index contributed by atoms with van der Waals surface area (Å²) in [7, 11) is 0. The Morgan fingerprint density at radius 2 is 2.00 bits per heavy atom. The minimum absolute atomic E-state index is 0.248. The Bertz CT molecular complexity index is 435. The van der Waals surface area contributed by atoms with E-state index in [4.69, 9.17) is 14.6 Å². The number of rotatable bonds is 7. The number of aliphatic hydroxyl groups is 1. The van der Waals surface area contributed by atoms with Crippen molar-refractivity contribution in [3.8, 4) is 11.8 Å². The molecular weight excluding hydrogens is 247 g/mol. The highest BCUT2D eigenvalue weighted by atomic mass is 19.1. The molecule has 0 aliphatic rings. The molecule has 0 saturated heterocycles. The van der Waals surface area contributed by atoms with E-state index >= 15 is 0 Å². The molecule has 0 heterocycles. The van der Waals surface area contributed by atoms with Gasteiger partial charge in [0.15, 0.2) is 0 Å². The monoisotopic (exact) mass is 266 g/mol. The zero-order chi connectivity index (χ0) is 13.9. The van der Waals surface area contributed by atoms with Crippen molar-refractivity contribution < 1.29 is 19.0 Å². The summed E-state index contributed by atoms with van der Waals surface area (Å²) < 4.78 is 23.8. The molecular formula is C15H19FO3. The zero-order valence-electron chi connectivity index (χ0n) is 11.1. The molecule has 0 aromatic heterocycles. The number of hydrogen-bond acceptors (Lipinski definition) is 3. The second-order valence-corrected chi connectivity index (χ2v) is 3.93. The quantitative estimate of drug-likeness (QED) is 0.607.